The summed E-state index contributed by atoms with van der Waals surface area (Å²) in [6.45, 7) is 6.06. The van der Waals surface area contributed by atoms with Crippen LogP contribution in [0.25, 0.3) is 5.76 Å². The maximum absolute atomic E-state index is 13.2. The zero-order chi connectivity index (χ0) is 24.5. The smallest absolute Gasteiger partial charge is 0.296 e. The number of ether oxygens (including phenoxy) is 2. The summed E-state index contributed by atoms with van der Waals surface area (Å²) in [6, 6.07) is 15.1. The number of nitrogens with zero attached hydrogens (tertiary/aromatic N) is 1. The molecule has 7 heteroatoms. The molecule has 2 atom stereocenters. The van der Waals surface area contributed by atoms with Gasteiger partial charge in [-0.15, -0.1) is 0 Å². The lowest BCUT2D eigenvalue weighted by Crippen LogP contribution is -2.29. The van der Waals surface area contributed by atoms with Crippen LogP contribution in [0.1, 0.15) is 35.4 Å². The summed E-state index contributed by atoms with van der Waals surface area (Å²) in [5.74, 6) is 0.272. The topological polar surface area (TPSA) is 89.2 Å². The third-order valence-corrected chi connectivity index (χ3v) is 6.18. The van der Waals surface area contributed by atoms with E-state index in [4.69, 9.17) is 13.9 Å². The van der Waals surface area contributed by atoms with E-state index in [0.29, 0.717) is 35.7 Å². The minimum atomic E-state index is -0.794. The predicted octanol–water partition coefficient (Wildman–Crippen LogP) is 4.79. The Morgan fingerprint density at radius 2 is 2.00 bits per heavy atom. The predicted molar refractivity (Wildman–Crippen MR) is 129 cm³/mol. The Hall–Kier alpha value is -4.26. The molecule has 1 aromatic heterocycles. The first-order valence-corrected chi connectivity index (χ1v) is 11.4. The van der Waals surface area contributed by atoms with Crippen molar-refractivity contribution in [2.75, 3.05) is 6.61 Å². The van der Waals surface area contributed by atoms with E-state index >= 15 is 0 Å². The van der Waals surface area contributed by atoms with Gasteiger partial charge in [0, 0.05) is 12.0 Å². The van der Waals surface area contributed by atoms with Gasteiger partial charge in [-0.1, -0.05) is 24.8 Å². The Bertz CT molecular complexity index is 1310. The molecular weight excluding hydrogens is 446 g/mol. The number of benzene rings is 2. The molecule has 0 saturated carbocycles. The molecule has 1 amide bonds. The first-order valence-electron chi connectivity index (χ1n) is 11.4. The van der Waals surface area contributed by atoms with Crippen LogP contribution >= 0.6 is 0 Å². The van der Waals surface area contributed by atoms with Crippen LogP contribution in [0.4, 0.5) is 0 Å². The summed E-state index contributed by atoms with van der Waals surface area (Å²) >= 11 is 0. The summed E-state index contributed by atoms with van der Waals surface area (Å²) in [4.78, 5) is 27.8. The first-order chi connectivity index (χ1) is 17.0. The van der Waals surface area contributed by atoms with Crippen molar-refractivity contribution in [1.82, 2.24) is 4.90 Å². The van der Waals surface area contributed by atoms with Crippen LogP contribution in [0.15, 0.2) is 83.5 Å². The van der Waals surface area contributed by atoms with Crippen molar-refractivity contribution in [3.8, 4) is 11.5 Å². The summed E-state index contributed by atoms with van der Waals surface area (Å²) < 4.78 is 16.8. The fourth-order valence-corrected chi connectivity index (χ4v) is 4.59. The molecule has 0 bridgehead atoms. The molecule has 178 valence electrons. The van der Waals surface area contributed by atoms with Crippen molar-refractivity contribution in [2.24, 2.45) is 0 Å². The molecule has 0 spiro atoms. The number of fused-ring (bicyclic) bond motifs is 1. The quantitative estimate of drug-likeness (QED) is 0.231. The summed E-state index contributed by atoms with van der Waals surface area (Å²) in [5, 5.41) is 11.3. The minimum absolute atomic E-state index is 0.0354. The average Bonchev–Trinajstić information content (AvgIpc) is 3.57. The van der Waals surface area contributed by atoms with Crippen LogP contribution in [0.3, 0.4) is 0 Å². The lowest BCUT2D eigenvalue weighted by atomic mass is 9.94. The first kappa shape index (κ1) is 22.5. The third-order valence-electron chi connectivity index (χ3n) is 6.18. The molecule has 1 N–H and O–H groups in total. The molecule has 5 rings (SSSR count). The van der Waals surface area contributed by atoms with Crippen molar-refractivity contribution in [3.63, 3.8) is 0 Å². The van der Waals surface area contributed by atoms with E-state index in [2.05, 4.69) is 6.58 Å². The molecule has 2 aliphatic heterocycles. The molecule has 7 nitrogen and oxygen atoms in total. The lowest BCUT2D eigenvalue weighted by molar-refractivity contribution is -0.140. The Morgan fingerprint density at radius 3 is 2.71 bits per heavy atom. The molecule has 1 saturated heterocycles. The highest BCUT2D eigenvalue weighted by Crippen LogP contribution is 2.41. The lowest BCUT2D eigenvalue weighted by Gasteiger charge is -2.24. The summed E-state index contributed by atoms with van der Waals surface area (Å²) in [6.07, 6.45) is 3.91. The molecule has 0 radical (unpaired) electrons. The Morgan fingerprint density at radius 1 is 1.20 bits per heavy atom. The molecular formula is C28H25NO6. The van der Waals surface area contributed by atoms with Crippen molar-refractivity contribution in [3.05, 3.63) is 102 Å². The fraction of sp³-hybridized carbons (Fsp3) is 0.214. The maximum atomic E-state index is 13.2. The average molecular weight is 472 g/mol. The Kier molecular flexibility index (Phi) is 5.91. The van der Waals surface area contributed by atoms with E-state index in [1.807, 2.05) is 13.0 Å². The molecule has 2 aromatic carbocycles. The molecule has 0 aliphatic carbocycles. The highest BCUT2D eigenvalue weighted by Gasteiger charge is 2.46. The SMILES string of the molecule is C=CCOc1ccc(C2C(=C(O)c3ccc4c(c3)CC(C)O4)C(=O)C(=O)N2Cc2ccco2)cc1. The van der Waals surface area contributed by atoms with Gasteiger partial charge in [-0.2, -0.15) is 0 Å². The van der Waals surface area contributed by atoms with Crippen LogP contribution in [0, 0.1) is 0 Å². The van der Waals surface area contributed by atoms with Crippen LogP contribution in [-0.2, 0) is 22.6 Å². The second-order valence-electron chi connectivity index (χ2n) is 8.63. The van der Waals surface area contributed by atoms with Gasteiger partial charge in [0.2, 0.25) is 0 Å². The number of rotatable bonds is 7. The number of carbonyl (C=O) groups excluding carboxylic acids is 2. The number of amides is 1. The largest absolute Gasteiger partial charge is 0.507 e. The molecule has 2 aliphatic rings. The van der Waals surface area contributed by atoms with Crippen LogP contribution in [0.2, 0.25) is 0 Å². The van der Waals surface area contributed by atoms with Crippen molar-refractivity contribution in [2.45, 2.75) is 32.0 Å². The highest BCUT2D eigenvalue weighted by atomic mass is 16.5. The maximum Gasteiger partial charge on any atom is 0.296 e. The normalized spacial score (nSPS) is 20.5. The number of aliphatic hydroxyl groups excluding tert-OH is 1. The number of hydrogen-bond donors (Lipinski definition) is 1. The van der Waals surface area contributed by atoms with Gasteiger partial charge in [0.05, 0.1) is 24.4 Å². The summed E-state index contributed by atoms with van der Waals surface area (Å²) in [7, 11) is 0. The van der Waals surface area contributed by atoms with Gasteiger partial charge in [-0.3, -0.25) is 9.59 Å². The molecule has 35 heavy (non-hydrogen) atoms. The minimum Gasteiger partial charge on any atom is -0.507 e. The number of ketones is 1. The van der Waals surface area contributed by atoms with Crippen molar-refractivity contribution < 1.29 is 28.6 Å². The van der Waals surface area contributed by atoms with Crippen LogP contribution in [0.5, 0.6) is 11.5 Å². The van der Waals surface area contributed by atoms with E-state index in [1.165, 1.54) is 11.2 Å². The summed E-state index contributed by atoms with van der Waals surface area (Å²) in [5.41, 5.74) is 2.12. The standard InChI is InChI=1S/C28H25NO6/c1-3-12-33-21-9-6-18(7-10-21)25-24(27(31)28(32)29(25)16-22-5-4-13-34-22)26(30)19-8-11-23-20(15-19)14-17(2)35-23/h3-11,13,15,17,25,30H,1,12,14,16H2,2H3. The zero-order valence-corrected chi connectivity index (χ0v) is 19.3. The van der Waals surface area contributed by atoms with Crippen LogP contribution in [-0.4, -0.2) is 34.4 Å². The van der Waals surface area contributed by atoms with Crippen LogP contribution < -0.4 is 9.47 Å². The monoisotopic (exact) mass is 471 g/mol. The number of hydrogen-bond acceptors (Lipinski definition) is 6. The van der Waals surface area contributed by atoms with Gasteiger partial charge in [-0.05, 0) is 60.5 Å². The van der Waals surface area contributed by atoms with E-state index in [9.17, 15) is 14.7 Å². The van der Waals surface area contributed by atoms with Gasteiger partial charge in [0.25, 0.3) is 11.7 Å². The highest BCUT2D eigenvalue weighted by molar-refractivity contribution is 6.46. The fourth-order valence-electron chi connectivity index (χ4n) is 4.59. The number of carbonyl (C=O) groups is 2. The van der Waals surface area contributed by atoms with E-state index in [1.54, 1.807) is 54.6 Å². The molecule has 3 aromatic rings. The van der Waals surface area contributed by atoms with Gasteiger partial charge >= 0.3 is 0 Å². The zero-order valence-electron chi connectivity index (χ0n) is 19.3. The Balaban J connectivity index is 1.59. The number of aliphatic hydroxyl groups is 1. The second-order valence-corrected chi connectivity index (χ2v) is 8.63. The number of furan rings is 1. The van der Waals surface area contributed by atoms with E-state index < -0.39 is 17.7 Å². The van der Waals surface area contributed by atoms with Crippen molar-refractivity contribution in [1.29, 1.82) is 0 Å². The number of Topliss-reactive ketones (excluding diaryl/α,β-unsaturated/α-hetero) is 1. The van der Waals surface area contributed by atoms with Crippen molar-refractivity contribution >= 4 is 17.4 Å². The van der Waals surface area contributed by atoms with E-state index in [-0.39, 0.29) is 24.0 Å². The molecule has 1 fully saturated rings. The second kappa shape index (κ2) is 9.18. The van der Waals surface area contributed by atoms with Gasteiger partial charge in [0.1, 0.15) is 35.7 Å². The van der Waals surface area contributed by atoms with Gasteiger partial charge in [-0.25, -0.2) is 0 Å². The molecule has 2 unspecified atom stereocenters. The Labute approximate surface area is 202 Å². The molecule has 3 heterocycles. The third kappa shape index (κ3) is 4.21. The van der Waals surface area contributed by atoms with E-state index in [0.717, 1.165) is 11.3 Å². The van der Waals surface area contributed by atoms with Gasteiger partial charge < -0.3 is 23.9 Å². The number of likely N-dealkylation sites (tertiary alicyclic amines) is 1. The van der Waals surface area contributed by atoms with Gasteiger partial charge in [0.15, 0.2) is 0 Å².